The smallest absolute Gasteiger partial charge is 0.272 e. The topological polar surface area (TPSA) is 106 Å². The third kappa shape index (κ3) is 4.22. The Kier molecular flexibility index (Phi) is 5.70. The molecule has 0 aliphatic heterocycles. The van der Waals surface area contributed by atoms with Gasteiger partial charge < -0.3 is 5.32 Å². The first-order valence-electron chi connectivity index (χ1n) is 9.83. The van der Waals surface area contributed by atoms with Crippen molar-refractivity contribution in [1.29, 1.82) is 0 Å². The minimum absolute atomic E-state index is 0.0531. The number of halogens is 1. The van der Waals surface area contributed by atoms with Crippen LogP contribution in [0.3, 0.4) is 0 Å². The number of benzene rings is 1. The Morgan fingerprint density at radius 3 is 2.56 bits per heavy atom. The number of nitrogens with one attached hydrogen (secondary N) is 1. The molecule has 0 aliphatic carbocycles. The molecule has 1 N–H and O–H groups in total. The standard InChI is InChI=1S/C22H20FN5O3S/c1-3-17(15-8-9-24-19(12-15)32(2,30)31)27-22(29)20-18-13-26-21(28(18)11-10-25-20)14-4-6-16(23)7-5-14/h4-13,17H,3H2,1-2H3,(H,27,29)/t17-/m0/s1. The number of imidazole rings is 1. The largest absolute Gasteiger partial charge is 0.344 e. The predicted molar refractivity (Wildman–Crippen MR) is 116 cm³/mol. The first kappa shape index (κ1) is 21.6. The van der Waals surface area contributed by atoms with E-state index in [1.54, 1.807) is 28.8 Å². The molecule has 32 heavy (non-hydrogen) atoms. The molecular weight excluding hydrogens is 433 g/mol. The maximum atomic E-state index is 13.3. The molecule has 0 spiro atoms. The van der Waals surface area contributed by atoms with E-state index < -0.39 is 21.8 Å². The highest BCUT2D eigenvalue weighted by Crippen LogP contribution is 2.23. The average Bonchev–Trinajstić information content (AvgIpc) is 3.21. The highest BCUT2D eigenvalue weighted by atomic mass is 32.2. The summed E-state index contributed by atoms with van der Waals surface area (Å²) in [7, 11) is -3.47. The van der Waals surface area contributed by atoms with Gasteiger partial charge in [0.1, 0.15) is 11.6 Å². The highest BCUT2D eigenvalue weighted by Gasteiger charge is 2.21. The zero-order valence-electron chi connectivity index (χ0n) is 17.4. The van der Waals surface area contributed by atoms with Gasteiger partial charge in [0.05, 0.1) is 17.8 Å². The number of aromatic nitrogens is 4. The van der Waals surface area contributed by atoms with Gasteiger partial charge in [-0.15, -0.1) is 0 Å². The highest BCUT2D eigenvalue weighted by molar-refractivity contribution is 7.90. The van der Waals surface area contributed by atoms with Crippen molar-refractivity contribution >= 4 is 21.3 Å². The lowest BCUT2D eigenvalue weighted by Crippen LogP contribution is -2.29. The van der Waals surface area contributed by atoms with Gasteiger partial charge in [0.15, 0.2) is 20.6 Å². The average molecular weight is 453 g/mol. The molecule has 0 radical (unpaired) electrons. The van der Waals surface area contributed by atoms with Crippen LogP contribution in [0.4, 0.5) is 4.39 Å². The molecule has 10 heteroatoms. The van der Waals surface area contributed by atoms with Gasteiger partial charge in [-0.1, -0.05) is 6.92 Å². The summed E-state index contributed by atoms with van der Waals surface area (Å²) in [5.41, 5.74) is 1.99. The van der Waals surface area contributed by atoms with Crippen LogP contribution in [0.15, 0.2) is 66.2 Å². The minimum atomic E-state index is -3.47. The molecule has 1 aromatic carbocycles. The van der Waals surface area contributed by atoms with Crippen molar-refractivity contribution in [1.82, 2.24) is 24.7 Å². The molecule has 0 bridgehead atoms. The molecule has 8 nitrogen and oxygen atoms in total. The van der Waals surface area contributed by atoms with E-state index in [2.05, 4.69) is 20.3 Å². The normalized spacial score (nSPS) is 12.6. The van der Waals surface area contributed by atoms with Gasteiger partial charge in [-0.25, -0.2) is 27.8 Å². The Balaban J connectivity index is 1.66. The van der Waals surface area contributed by atoms with E-state index in [0.29, 0.717) is 28.9 Å². The lowest BCUT2D eigenvalue weighted by Gasteiger charge is -2.18. The van der Waals surface area contributed by atoms with Gasteiger partial charge in [0, 0.05) is 30.4 Å². The number of rotatable bonds is 6. The summed E-state index contributed by atoms with van der Waals surface area (Å²) in [6.45, 7) is 1.88. The fraction of sp³-hybridized carbons (Fsp3) is 0.182. The van der Waals surface area contributed by atoms with E-state index in [1.165, 1.54) is 36.8 Å². The summed E-state index contributed by atoms with van der Waals surface area (Å²) in [4.78, 5) is 25.6. The zero-order valence-corrected chi connectivity index (χ0v) is 18.2. The maximum Gasteiger partial charge on any atom is 0.272 e. The van der Waals surface area contributed by atoms with E-state index >= 15 is 0 Å². The quantitative estimate of drug-likeness (QED) is 0.481. The number of amides is 1. The molecule has 4 aromatic rings. The monoisotopic (exact) mass is 453 g/mol. The van der Waals surface area contributed by atoms with Gasteiger partial charge >= 0.3 is 0 Å². The van der Waals surface area contributed by atoms with Gasteiger partial charge in [0.2, 0.25) is 0 Å². The first-order valence-corrected chi connectivity index (χ1v) is 11.7. The molecule has 0 aliphatic rings. The number of nitrogens with zero attached hydrogens (tertiary/aromatic N) is 4. The number of hydrogen-bond acceptors (Lipinski definition) is 6. The van der Waals surface area contributed by atoms with Crippen molar-refractivity contribution in [2.24, 2.45) is 0 Å². The molecule has 0 fully saturated rings. The molecule has 164 valence electrons. The number of carbonyl (C=O) groups excluding carboxylic acids is 1. The summed E-state index contributed by atoms with van der Waals surface area (Å²) < 4.78 is 38.7. The predicted octanol–water partition coefficient (Wildman–Crippen LogP) is 3.22. The summed E-state index contributed by atoms with van der Waals surface area (Å²) in [6.07, 6.45) is 7.73. The molecule has 3 heterocycles. The molecule has 0 saturated carbocycles. The van der Waals surface area contributed by atoms with Crippen molar-refractivity contribution in [3.8, 4) is 11.4 Å². The lowest BCUT2D eigenvalue weighted by atomic mass is 10.1. The third-order valence-electron chi connectivity index (χ3n) is 5.03. The molecule has 1 amide bonds. The SMILES string of the molecule is CC[C@H](NC(=O)c1nccn2c(-c3ccc(F)cc3)ncc12)c1ccnc(S(C)(=O)=O)c1. The van der Waals surface area contributed by atoms with E-state index in [-0.39, 0.29) is 16.5 Å². The van der Waals surface area contributed by atoms with Crippen molar-refractivity contribution in [3.63, 3.8) is 0 Å². The summed E-state index contributed by atoms with van der Waals surface area (Å²) in [5, 5.41) is 2.86. The van der Waals surface area contributed by atoms with Gasteiger partial charge in [-0.05, 0) is 48.4 Å². The molecule has 3 aromatic heterocycles. The molecule has 0 saturated heterocycles. The van der Waals surface area contributed by atoms with Crippen LogP contribution < -0.4 is 5.32 Å². The number of carbonyl (C=O) groups is 1. The van der Waals surface area contributed by atoms with Crippen LogP contribution in [0, 0.1) is 5.82 Å². The number of pyridine rings is 1. The lowest BCUT2D eigenvalue weighted by molar-refractivity contribution is 0.0932. The Hall–Kier alpha value is -3.66. The third-order valence-corrected chi connectivity index (χ3v) is 6.01. The van der Waals surface area contributed by atoms with E-state index in [9.17, 15) is 17.6 Å². The van der Waals surface area contributed by atoms with Crippen LogP contribution in [0.5, 0.6) is 0 Å². The van der Waals surface area contributed by atoms with Gasteiger partial charge in [-0.3, -0.25) is 9.20 Å². The van der Waals surface area contributed by atoms with E-state index in [0.717, 1.165) is 6.26 Å². The van der Waals surface area contributed by atoms with E-state index in [1.807, 2.05) is 6.92 Å². The molecular formula is C22H20FN5O3S. The van der Waals surface area contributed by atoms with Gasteiger partial charge in [-0.2, -0.15) is 0 Å². The first-order chi connectivity index (χ1) is 15.3. The van der Waals surface area contributed by atoms with Crippen LogP contribution in [-0.2, 0) is 9.84 Å². The van der Waals surface area contributed by atoms with Crippen LogP contribution in [-0.4, -0.2) is 39.9 Å². The Morgan fingerprint density at radius 2 is 1.88 bits per heavy atom. The van der Waals surface area contributed by atoms with Crippen LogP contribution in [0.25, 0.3) is 16.9 Å². The fourth-order valence-corrected chi connectivity index (χ4v) is 4.01. The summed E-state index contributed by atoms with van der Waals surface area (Å²) in [6, 6.07) is 8.60. The van der Waals surface area contributed by atoms with E-state index in [4.69, 9.17) is 0 Å². The summed E-state index contributed by atoms with van der Waals surface area (Å²) >= 11 is 0. The van der Waals surface area contributed by atoms with Crippen molar-refractivity contribution < 1.29 is 17.6 Å². The van der Waals surface area contributed by atoms with Crippen LogP contribution >= 0.6 is 0 Å². The minimum Gasteiger partial charge on any atom is -0.344 e. The molecule has 1 atom stereocenters. The number of sulfone groups is 1. The number of hydrogen-bond donors (Lipinski definition) is 1. The van der Waals surface area contributed by atoms with Crippen molar-refractivity contribution in [2.45, 2.75) is 24.4 Å². The van der Waals surface area contributed by atoms with Gasteiger partial charge in [0.25, 0.3) is 5.91 Å². The molecule has 4 rings (SSSR count). The van der Waals surface area contributed by atoms with Crippen molar-refractivity contribution in [3.05, 3.63) is 78.3 Å². The second-order valence-electron chi connectivity index (χ2n) is 7.25. The van der Waals surface area contributed by atoms with Crippen LogP contribution in [0.1, 0.15) is 35.4 Å². The zero-order chi connectivity index (χ0) is 22.9. The Bertz CT molecular complexity index is 1400. The fourth-order valence-electron chi connectivity index (χ4n) is 3.41. The number of fused-ring (bicyclic) bond motifs is 1. The van der Waals surface area contributed by atoms with Crippen LogP contribution in [0.2, 0.25) is 0 Å². The van der Waals surface area contributed by atoms with Crippen molar-refractivity contribution in [2.75, 3.05) is 6.26 Å². The Morgan fingerprint density at radius 1 is 1.12 bits per heavy atom. The Labute approximate surface area is 184 Å². The molecule has 0 unspecified atom stereocenters. The second kappa shape index (κ2) is 8.46. The second-order valence-corrected chi connectivity index (χ2v) is 9.22. The summed E-state index contributed by atoms with van der Waals surface area (Å²) in [5.74, 6) is -0.224. The maximum absolute atomic E-state index is 13.3.